The molecule has 8 saturated carbocycles. The van der Waals surface area contributed by atoms with E-state index in [0.29, 0.717) is 0 Å². The lowest BCUT2D eigenvalue weighted by Gasteiger charge is -2.55. The van der Waals surface area contributed by atoms with Crippen LogP contribution in [0.1, 0.15) is 140 Å². The molecule has 4 atom stereocenters. The highest BCUT2D eigenvalue weighted by Crippen LogP contribution is 2.61. The van der Waals surface area contributed by atoms with Crippen molar-refractivity contribution in [3.8, 4) is 5.75 Å². The van der Waals surface area contributed by atoms with Crippen molar-refractivity contribution in [1.82, 2.24) is 0 Å². The number of hydrogen-bond acceptors (Lipinski definition) is 24. The zero-order chi connectivity index (χ0) is 85.8. The lowest BCUT2D eigenvalue weighted by atomic mass is 9.49. The van der Waals surface area contributed by atoms with E-state index in [4.69, 9.17) is 14.2 Å². The van der Waals surface area contributed by atoms with Crippen molar-refractivity contribution in [2.45, 2.75) is 194 Å². The van der Waals surface area contributed by atoms with Crippen molar-refractivity contribution in [2.75, 3.05) is 40.6 Å². The maximum absolute atomic E-state index is 13.6. The molecular formula is C87H98F4O24S4. The summed E-state index contributed by atoms with van der Waals surface area (Å²) in [5.74, 6) is -1.27. The van der Waals surface area contributed by atoms with Gasteiger partial charge >= 0.3 is 64.2 Å². The van der Waals surface area contributed by atoms with Crippen molar-refractivity contribution in [3.63, 3.8) is 0 Å². The second kappa shape index (κ2) is 41.9. The number of carbonyl (C=O) groups is 9. The normalized spacial score (nSPS) is 23.7. The molecule has 8 aliphatic carbocycles. The molecule has 0 spiro atoms. The number of esters is 9. The van der Waals surface area contributed by atoms with Gasteiger partial charge in [-0.15, -0.1) is 0 Å². The monoisotopic (exact) mass is 1730 g/mol. The molecule has 12 fully saturated rings. The molecule has 6 aromatic rings. The second-order valence-corrected chi connectivity index (χ2v) is 38.2. The third kappa shape index (κ3) is 25.2. The Labute approximate surface area is 695 Å². The van der Waals surface area contributed by atoms with Crippen molar-refractivity contribution < 1.29 is 129 Å². The molecule has 18 rings (SSSR count). The summed E-state index contributed by atoms with van der Waals surface area (Å²) < 4.78 is 153. The molecule has 4 unspecified atom stereocenters. The number of ether oxygens (including phenoxy) is 9. The van der Waals surface area contributed by atoms with E-state index in [1.807, 2.05) is 0 Å². The van der Waals surface area contributed by atoms with Crippen LogP contribution in [0.4, 0.5) is 17.6 Å². The fraction of sp³-hybridized carbons (Fsp3) is 0.483. The van der Waals surface area contributed by atoms with Gasteiger partial charge in [-0.3, -0.25) is 33.6 Å². The minimum Gasteiger partial charge on any atom is -0.743 e. The Morgan fingerprint density at radius 1 is 0.403 bits per heavy atom. The van der Waals surface area contributed by atoms with Crippen LogP contribution in [0.25, 0.3) is 0 Å². The highest BCUT2D eigenvalue weighted by molar-refractivity contribution is 7.97. The molecule has 32 heteroatoms. The molecule has 0 radical (unpaired) electrons. The van der Waals surface area contributed by atoms with Gasteiger partial charge in [0, 0.05) is 12.1 Å². The van der Waals surface area contributed by atoms with Crippen LogP contribution >= 0.6 is 0 Å². The molecular weight excluding hydrogens is 1630 g/mol. The Kier molecular flexibility index (Phi) is 32.4. The molecule has 642 valence electrons. The topological polar surface area (TPSA) is 351 Å². The van der Waals surface area contributed by atoms with E-state index < -0.39 is 93.0 Å². The molecule has 24 nitrogen and oxygen atoms in total. The number of halogens is 4. The number of fused-ring (bicyclic) bond motifs is 2. The Balaban J connectivity index is 0.000000156. The molecule has 0 N–H and O–H groups in total. The van der Waals surface area contributed by atoms with E-state index in [9.17, 15) is 86.7 Å². The van der Waals surface area contributed by atoms with Gasteiger partial charge in [0.15, 0.2) is 49.6 Å². The van der Waals surface area contributed by atoms with Gasteiger partial charge in [-0.25, -0.2) is 26.4 Å². The maximum atomic E-state index is 13.6. The van der Waals surface area contributed by atoms with Gasteiger partial charge < -0.3 is 51.7 Å². The molecule has 119 heavy (non-hydrogen) atoms. The average molecular weight is 1730 g/mol. The summed E-state index contributed by atoms with van der Waals surface area (Å²) in [7, 11) is -10.4. The Hall–Kier alpha value is -9.21. The third-order valence-corrected chi connectivity index (χ3v) is 28.5. The van der Waals surface area contributed by atoms with Crippen molar-refractivity contribution in [3.05, 3.63) is 175 Å². The van der Waals surface area contributed by atoms with Crippen molar-refractivity contribution in [2.24, 2.45) is 58.7 Å². The van der Waals surface area contributed by atoms with Crippen molar-refractivity contribution in [1.29, 1.82) is 0 Å². The van der Waals surface area contributed by atoms with Crippen LogP contribution in [0.15, 0.2) is 193 Å². The van der Waals surface area contributed by atoms with Crippen LogP contribution in [0, 0.1) is 72.5 Å². The zero-order valence-electron chi connectivity index (χ0n) is 66.4. The number of carbonyl (C=O) groups excluding carboxylic acids is 9. The van der Waals surface area contributed by atoms with Crippen LogP contribution < -0.4 is 4.74 Å². The van der Waals surface area contributed by atoms with E-state index in [0.717, 1.165) is 143 Å². The number of alkyl halides is 4. The molecule has 12 aliphatic rings. The first-order valence-corrected chi connectivity index (χ1v) is 44.8. The first-order chi connectivity index (χ1) is 56.6. The predicted molar refractivity (Wildman–Crippen MR) is 421 cm³/mol. The maximum Gasteiger partial charge on any atom is 0.428 e. The van der Waals surface area contributed by atoms with E-state index in [2.05, 4.69) is 206 Å². The van der Waals surface area contributed by atoms with Gasteiger partial charge in [0.05, 0.1) is 78.9 Å². The van der Waals surface area contributed by atoms with E-state index in [1.165, 1.54) is 61.5 Å². The Bertz CT molecular complexity index is 4360. The molecule has 6 aromatic carbocycles. The molecule has 4 heterocycles. The fourth-order valence-electron chi connectivity index (χ4n) is 17.7. The Morgan fingerprint density at radius 3 is 0.958 bits per heavy atom. The predicted octanol–water partition coefficient (Wildman–Crippen LogP) is 14.1. The van der Waals surface area contributed by atoms with Crippen LogP contribution in [-0.2, 0) is 123 Å². The number of rotatable bonds is 24. The van der Waals surface area contributed by atoms with Gasteiger partial charge in [-0.1, -0.05) is 91.0 Å². The molecule has 0 aromatic heterocycles. The van der Waals surface area contributed by atoms with Crippen molar-refractivity contribution >= 4 is 95.7 Å². The van der Waals surface area contributed by atoms with Gasteiger partial charge in [-0.2, -0.15) is 17.6 Å². The summed E-state index contributed by atoms with van der Waals surface area (Å²) in [4.78, 5) is 109. The first-order valence-electron chi connectivity index (χ1n) is 39.6. The van der Waals surface area contributed by atoms with Crippen LogP contribution in [-0.4, -0.2) is 143 Å². The third-order valence-electron chi connectivity index (χ3n) is 22.4. The summed E-state index contributed by atoms with van der Waals surface area (Å²) in [6.07, 6.45) is 18.3. The standard InChI is InChI=1S/C31H33O2S.C18H15S.2C10H14O2.2C9H12F2O9S/c1-21-13-28(34(26-9-5-3-6-10-26)27-11-7-4-8-12-27)14-22(2)29(21)33-30(32)31-18-23-15-24(19-31)17-25(16-23)20-31;1-4-10-16(11-5-1)19(17-12-6-2-7-13-17)18-14-8-3-9-15-18;2*11-10-8-2-6-1-7(3-8)5-9(4-6)12-10;2*1-18-6(12)2-3-7(13)19-4-5-20-8(14)9(10,11)21(15,16)17/h3-14,23-25H,15-20H2,1-2H3;1-15H;2*6-9H,1-5H2;2*2-5H2,1H3,(H,15,16,17)/q2*+1;;;;/p-2. The first kappa shape index (κ1) is 92.1. The molecule has 12 bridgehead atoms. The quantitative estimate of drug-likeness (QED) is 0.0103. The summed E-state index contributed by atoms with van der Waals surface area (Å²) >= 11 is 0. The minimum atomic E-state index is -6.19. The molecule has 4 aliphatic heterocycles. The lowest BCUT2D eigenvalue weighted by Crippen LogP contribution is -2.51. The SMILES string of the molecule is COC(=O)CCC(=O)OCCOC(=O)C(F)(F)S(=O)(=O)[O-].COC(=O)CCC(=O)OCCOC(=O)C(F)(F)S(=O)(=O)[O-].Cc1cc([S+](c2ccccc2)c2ccccc2)cc(C)c1OC(=O)C12CC3CC(CC(C3)C1)C2.O=C1OC2CC3CC(C2)CC1C3.O=C1OC2CC3CC(C2)CC1C3.c1ccc([S+](c2ccccc2)c2ccccc2)cc1. The summed E-state index contributed by atoms with van der Waals surface area (Å²) in [5.41, 5.74) is 1.87. The van der Waals surface area contributed by atoms with Gasteiger partial charge in [-0.05, 0) is 230 Å². The van der Waals surface area contributed by atoms with E-state index in [-0.39, 0.29) is 94.8 Å². The highest BCUT2D eigenvalue weighted by atomic mass is 32.2. The van der Waals surface area contributed by atoms with Gasteiger partial charge in [0.2, 0.25) is 0 Å². The number of hydrogen-bond donors (Lipinski definition) is 0. The highest BCUT2D eigenvalue weighted by Gasteiger charge is 2.56. The largest absolute Gasteiger partial charge is 0.743 e. The summed E-state index contributed by atoms with van der Waals surface area (Å²) in [6.45, 7) is 1.12. The number of aryl methyl sites for hydroxylation is 2. The second-order valence-electron chi connectivity index (χ2n) is 31.3. The lowest BCUT2D eigenvalue weighted by molar-refractivity contribution is -0.165. The average Bonchev–Trinajstić information content (AvgIpc) is 1.16. The van der Waals surface area contributed by atoms with Crippen LogP contribution in [0.3, 0.4) is 0 Å². The van der Waals surface area contributed by atoms with E-state index >= 15 is 0 Å². The molecule has 4 saturated heterocycles. The van der Waals surface area contributed by atoms with E-state index in [1.54, 1.807) is 0 Å². The van der Waals surface area contributed by atoms with Crippen LogP contribution in [0.5, 0.6) is 5.75 Å². The van der Waals surface area contributed by atoms with Crippen LogP contribution in [0.2, 0.25) is 0 Å². The van der Waals surface area contributed by atoms with Gasteiger partial charge in [0.25, 0.3) is 0 Å². The summed E-state index contributed by atoms with van der Waals surface area (Å²) in [5, 5.41) is -10.4. The summed E-state index contributed by atoms with van der Waals surface area (Å²) in [6, 6.07) is 58.0. The minimum absolute atomic E-state index is 0.0146. The number of methoxy groups -OCH3 is 2. The molecule has 0 amide bonds. The fourth-order valence-corrected chi connectivity index (χ4v) is 22.6. The smallest absolute Gasteiger partial charge is 0.428 e. The zero-order valence-corrected chi connectivity index (χ0v) is 69.6. The van der Waals surface area contributed by atoms with Gasteiger partial charge in [0.1, 0.15) is 44.4 Å². The Morgan fingerprint density at radius 2 is 0.672 bits per heavy atom. The number of benzene rings is 6.